The molecule has 1 N–H and O–H groups in total. The molecule has 0 fully saturated rings. The molecule has 0 saturated carbocycles. The van der Waals surface area contributed by atoms with Gasteiger partial charge in [0, 0.05) is 25.2 Å². The average Bonchev–Trinajstić information content (AvgIpc) is 2.49. The molecule has 1 aromatic rings. The third-order valence-electron chi connectivity index (χ3n) is 3.15. The first-order chi connectivity index (χ1) is 10.1. The molecule has 5 heteroatoms. The molecule has 21 heavy (non-hydrogen) atoms. The molecule has 2 amide bonds. The van der Waals surface area contributed by atoms with Gasteiger partial charge in [0.2, 0.25) is 0 Å². The van der Waals surface area contributed by atoms with E-state index in [9.17, 15) is 14.0 Å². The van der Waals surface area contributed by atoms with Crippen molar-refractivity contribution in [3.63, 3.8) is 0 Å². The van der Waals surface area contributed by atoms with Gasteiger partial charge in [-0.05, 0) is 18.9 Å². The third-order valence-corrected chi connectivity index (χ3v) is 3.15. The lowest BCUT2D eigenvalue weighted by molar-refractivity contribution is -0.146. The number of benzene rings is 1. The Morgan fingerprint density at radius 3 is 2.48 bits per heavy atom. The number of rotatable bonds is 7. The predicted molar refractivity (Wildman–Crippen MR) is 80.0 cm³/mol. The van der Waals surface area contributed by atoms with Crippen LogP contribution in [0.5, 0.6) is 0 Å². The van der Waals surface area contributed by atoms with Crippen molar-refractivity contribution in [3.8, 4) is 0 Å². The van der Waals surface area contributed by atoms with Gasteiger partial charge in [-0.3, -0.25) is 9.59 Å². The van der Waals surface area contributed by atoms with Crippen LogP contribution in [0.4, 0.5) is 4.39 Å². The molecule has 0 aliphatic heterocycles. The largest absolute Gasteiger partial charge is 0.344 e. The number of hydrogen-bond donors (Lipinski definition) is 1. The molecular weight excluding hydrogens is 271 g/mol. The predicted octanol–water partition coefficient (Wildman–Crippen LogP) is 2.48. The number of nitrogens with one attached hydrogen (secondary N) is 1. The van der Waals surface area contributed by atoms with Crippen LogP contribution in [0.3, 0.4) is 0 Å². The van der Waals surface area contributed by atoms with Crippen molar-refractivity contribution in [3.05, 3.63) is 35.6 Å². The van der Waals surface area contributed by atoms with Crippen LogP contribution in [0.1, 0.15) is 38.7 Å². The lowest BCUT2D eigenvalue weighted by Crippen LogP contribution is -2.43. The third kappa shape index (κ3) is 5.53. The maximum atomic E-state index is 13.4. The van der Waals surface area contributed by atoms with Gasteiger partial charge in [-0.25, -0.2) is 4.39 Å². The number of unbranched alkanes of at least 4 members (excludes halogenated alkanes) is 1. The summed E-state index contributed by atoms with van der Waals surface area (Å²) in [4.78, 5) is 25.5. The van der Waals surface area contributed by atoms with Gasteiger partial charge in [-0.2, -0.15) is 0 Å². The maximum Gasteiger partial charge on any atom is 0.311 e. The lowest BCUT2D eigenvalue weighted by atomic mass is 10.2. The van der Waals surface area contributed by atoms with Crippen molar-refractivity contribution in [2.24, 2.45) is 0 Å². The highest BCUT2D eigenvalue weighted by atomic mass is 19.1. The second kappa shape index (κ2) is 9.10. The second-order valence-electron chi connectivity index (χ2n) is 4.92. The molecule has 0 radical (unpaired) electrons. The summed E-state index contributed by atoms with van der Waals surface area (Å²) in [6, 6.07) is 6.19. The normalized spacial score (nSPS) is 10.2. The minimum absolute atomic E-state index is 0.0188. The molecule has 0 spiro atoms. The fourth-order valence-corrected chi connectivity index (χ4v) is 1.97. The van der Waals surface area contributed by atoms with E-state index in [4.69, 9.17) is 0 Å². The Hall–Kier alpha value is -1.91. The second-order valence-corrected chi connectivity index (χ2v) is 4.92. The van der Waals surface area contributed by atoms with Crippen molar-refractivity contribution in [1.29, 1.82) is 0 Å². The van der Waals surface area contributed by atoms with Gasteiger partial charge in [0.05, 0.1) is 0 Å². The molecule has 0 bridgehead atoms. The summed E-state index contributed by atoms with van der Waals surface area (Å²) in [5, 5.41) is 2.48. The Bertz CT molecular complexity index is 477. The van der Waals surface area contributed by atoms with E-state index in [0.29, 0.717) is 18.7 Å². The first-order valence-corrected chi connectivity index (χ1v) is 7.40. The van der Waals surface area contributed by atoms with Crippen LogP contribution in [0.25, 0.3) is 0 Å². The molecule has 1 aromatic carbocycles. The molecule has 0 aliphatic rings. The summed E-state index contributed by atoms with van der Waals surface area (Å²) in [5.41, 5.74) is 0.370. The van der Waals surface area contributed by atoms with Crippen LogP contribution in [-0.4, -0.2) is 29.8 Å². The summed E-state index contributed by atoms with van der Waals surface area (Å²) in [6.45, 7) is 5.16. The van der Waals surface area contributed by atoms with E-state index in [0.717, 1.165) is 19.3 Å². The van der Waals surface area contributed by atoms with Gasteiger partial charge >= 0.3 is 11.8 Å². The number of nitrogens with zero attached hydrogens (tertiary/aromatic N) is 1. The van der Waals surface area contributed by atoms with E-state index in [1.807, 2.05) is 13.8 Å². The van der Waals surface area contributed by atoms with E-state index in [-0.39, 0.29) is 12.4 Å². The van der Waals surface area contributed by atoms with E-state index >= 15 is 0 Å². The summed E-state index contributed by atoms with van der Waals surface area (Å²) >= 11 is 0. The lowest BCUT2D eigenvalue weighted by Gasteiger charge is -2.21. The highest BCUT2D eigenvalue weighted by Gasteiger charge is 2.20. The summed E-state index contributed by atoms with van der Waals surface area (Å²) in [6.07, 6.45) is 2.63. The SMILES string of the molecule is CCCCN(CCC)C(=O)C(=O)NCc1ccccc1F. The Balaban J connectivity index is 2.56. The van der Waals surface area contributed by atoms with Gasteiger partial charge in [-0.15, -0.1) is 0 Å². The molecule has 0 saturated heterocycles. The molecule has 1 rings (SSSR count). The van der Waals surface area contributed by atoms with E-state index in [2.05, 4.69) is 5.32 Å². The highest BCUT2D eigenvalue weighted by Crippen LogP contribution is 2.05. The summed E-state index contributed by atoms with van der Waals surface area (Å²) in [5.74, 6) is -1.61. The zero-order valence-electron chi connectivity index (χ0n) is 12.7. The minimum Gasteiger partial charge on any atom is -0.344 e. The van der Waals surface area contributed by atoms with E-state index < -0.39 is 11.8 Å². The summed E-state index contributed by atoms with van der Waals surface area (Å²) < 4.78 is 13.4. The Kier molecular flexibility index (Phi) is 7.43. The first-order valence-electron chi connectivity index (χ1n) is 7.40. The van der Waals surface area contributed by atoms with E-state index in [1.165, 1.54) is 6.07 Å². The van der Waals surface area contributed by atoms with Crippen LogP contribution >= 0.6 is 0 Å². The maximum absolute atomic E-state index is 13.4. The number of amides is 2. The molecule has 0 aliphatic carbocycles. The van der Waals surface area contributed by atoms with Gasteiger partial charge in [0.25, 0.3) is 0 Å². The van der Waals surface area contributed by atoms with Crippen LogP contribution in [0.2, 0.25) is 0 Å². The number of halogens is 1. The zero-order chi connectivity index (χ0) is 15.7. The Morgan fingerprint density at radius 2 is 1.86 bits per heavy atom. The monoisotopic (exact) mass is 294 g/mol. The molecule has 4 nitrogen and oxygen atoms in total. The van der Waals surface area contributed by atoms with Crippen LogP contribution < -0.4 is 5.32 Å². The van der Waals surface area contributed by atoms with E-state index in [1.54, 1.807) is 23.1 Å². The standard InChI is InChI=1S/C16H23FN2O2/c1-3-5-11-19(10-4-2)16(21)15(20)18-12-13-8-6-7-9-14(13)17/h6-9H,3-5,10-12H2,1-2H3,(H,18,20). The number of hydrogen-bond acceptors (Lipinski definition) is 2. The fourth-order valence-electron chi connectivity index (χ4n) is 1.97. The van der Waals surface area contributed by atoms with Crippen molar-refractivity contribution in [2.45, 2.75) is 39.7 Å². The molecule has 0 aromatic heterocycles. The van der Waals surface area contributed by atoms with Crippen LogP contribution in [0, 0.1) is 5.82 Å². The van der Waals surface area contributed by atoms with Gasteiger partial charge in [-0.1, -0.05) is 38.5 Å². The molecule has 0 unspecified atom stereocenters. The van der Waals surface area contributed by atoms with Crippen molar-refractivity contribution < 1.29 is 14.0 Å². The molecule has 0 atom stereocenters. The number of carbonyl (C=O) groups excluding carboxylic acids is 2. The Morgan fingerprint density at radius 1 is 1.14 bits per heavy atom. The van der Waals surface area contributed by atoms with Crippen LogP contribution in [0.15, 0.2) is 24.3 Å². The van der Waals surface area contributed by atoms with Crippen molar-refractivity contribution in [1.82, 2.24) is 10.2 Å². The van der Waals surface area contributed by atoms with Crippen molar-refractivity contribution >= 4 is 11.8 Å². The fraction of sp³-hybridized carbons (Fsp3) is 0.500. The topological polar surface area (TPSA) is 49.4 Å². The van der Waals surface area contributed by atoms with Crippen molar-refractivity contribution in [2.75, 3.05) is 13.1 Å². The Labute approximate surface area is 125 Å². The molecular formula is C16H23FN2O2. The quantitative estimate of drug-likeness (QED) is 0.785. The minimum atomic E-state index is -0.678. The first kappa shape index (κ1) is 17.1. The summed E-state index contributed by atoms with van der Waals surface area (Å²) in [7, 11) is 0. The zero-order valence-corrected chi connectivity index (χ0v) is 12.7. The molecule has 116 valence electrons. The van der Waals surface area contributed by atoms with Gasteiger partial charge in [0.1, 0.15) is 5.82 Å². The average molecular weight is 294 g/mol. The van der Waals surface area contributed by atoms with Crippen LogP contribution in [-0.2, 0) is 16.1 Å². The van der Waals surface area contributed by atoms with Gasteiger partial charge in [0.15, 0.2) is 0 Å². The smallest absolute Gasteiger partial charge is 0.311 e. The van der Waals surface area contributed by atoms with Gasteiger partial charge < -0.3 is 10.2 Å². The highest BCUT2D eigenvalue weighted by molar-refractivity contribution is 6.34. The molecule has 0 heterocycles. The number of carbonyl (C=O) groups is 2.